The largest absolute Gasteiger partial charge is 0.458 e. The molecule has 2 aromatic rings. The number of rotatable bonds is 7. The summed E-state index contributed by atoms with van der Waals surface area (Å²) < 4.78 is 9.31. The second-order valence-electron chi connectivity index (χ2n) is 4.77. The van der Waals surface area contributed by atoms with Crippen LogP contribution >= 0.6 is 23.3 Å². The summed E-state index contributed by atoms with van der Waals surface area (Å²) in [7, 11) is 0. The van der Waals surface area contributed by atoms with Crippen molar-refractivity contribution in [2.75, 3.05) is 6.26 Å². The molecule has 0 aliphatic heterocycles. The van der Waals surface area contributed by atoms with Crippen LogP contribution < -0.4 is 0 Å². The molecule has 0 fully saturated rings. The van der Waals surface area contributed by atoms with Gasteiger partial charge >= 0.3 is 5.97 Å². The molecule has 2 aromatic heterocycles. The highest BCUT2D eigenvalue weighted by atomic mass is 32.2. The van der Waals surface area contributed by atoms with Crippen LogP contribution in [0.1, 0.15) is 42.8 Å². The number of nitrogens with zero attached hydrogens (tertiary/aromatic N) is 4. The molecule has 1 atom stereocenters. The Kier molecular flexibility index (Phi) is 6.26. The van der Waals surface area contributed by atoms with Crippen molar-refractivity contribution in [2.45, 2.75) is 44.4 Å². The Hall–Kier alpha value is -1.54. The molecular weight excluding hydrogens is 320 g/mol. The van der Waals surface area contributed by atoms with Gasteiger partial charge in [0, 0.05) is 18.0 Å². The van der Waals surface area contributed by atoms with Gasteiger partial charge in [0.05, 0.1) is 6.10 Å². The molecule has 118 valence electrons. The lowest BCUT2D eigenvalue weighted by Crippen LogP contribution is -2.14. The summed E-state index contributed by atoms with van der Waals surface area (Å²) in [6.07, 6.45) is 8.05. The number of aromatic nitrogens is 4. The lowest BCUT2D eigenvalue weighted by atomic mass is 10.2. The Bertz CT molecular complexity index is 616. The normalized spacial score (nSPS) is 12.1. The minimum atomic E-state index is -0.387. The fourth-order valence-electron chi connectivity index (χ4n) is 1.84. The third-order valence-corrected chi connectivity index (χ3v) is 4.31. The van der Waals surface area contributed by atoms with E-state index >= 15 is 0 Å². The van der Waals surface area contributed by atoms with E-state index in [1.165, 1.54) is 11.8 Å². The first-order valence-electron chi connectivity index (χ1n) is 7.05. The van der Waals surface area contributed by atoms with E-state index < -0.39 is 0 Å². The highest BCUT2D eigenvalue weighted by Crippen LogP contribution is 2.25. The molecule has 0 aliphatic rings. The van der Waals surface area contributed by atoms with E-state index in [1.54, 1.807) is 12.4 Å². The van der Waals surface area contributed by atoms with Gasteiger partial charge in [-0.25, -0.2) is 14.8 Å². The summed E-state index contributed by atoms with van der Waals surface area (Å²) in [5, 5.41) is 4.68. The molecule has 0 N–H and O–H groups in total. The van der Waals surface area contributed by atoms with Crippen molar-refractivity contribution in [1.29, 1.82) is 0 Å². The Morgan fingerprint density at radius 2 is 2.14 bits per heavy atom. The van der Waals surface area contributed by atoms with Gasteiger partial charge in [0.1, 0.15) is 5.69 Å². The van der Waals surface area contributed by atoms with Gasteiger partial charge in [-0.3, -0.25) is 0 Å². The number of hydrogen-bond donors (Lipinski definition) is 0. The maximum absolute atomic E-state index is 12.3. The molecule has 0 unspecified atom stereocenters. The minimum Gasteiger partial charge on any atom is -0.458 e. The number of thioether (sulfide) groups is 1. The van der Waals surface area contributed by atoms with Crippen LogP contribution in [0.3, 0.4) is 0 Å². The molecule has 22 heavy (non-hydrogen) atoms. The lowest BCUT2D eigenvalue weighted by Gasteiger charge is -2.12. The summed E-state index contributed by atoms with van der Waals surface area (Å²) >= 11 is 2.49. The van der Waals surface area contributed by atoms with Crippen molar-refractivity contribution in [3.05, 3.63) is 17.3 Å². The summed E-state index contributed by atoms with van der Waals surface area (Å²) in [5.41, 5.74) is 1.14. The standard InChI is InChI=1S/C14H18N4O2S2/c1-4-5-6-9(2)20-13(19)12-11(17-18-22-12)10-7-15-14(21-3)16-8-10/h7-9H,4-6H2,1-3H3/t9-/m0/s1. The van der Waals surface area contributed by atoms with E-state index in [-0.39, 0.29) is 12.1 Å². The van der Waals surface area contributed by atoms with E-state index in [1.807, 2.05) is 13.2 Å². The van der Waals surface area contributed by atoms with Crippen LogP contribution in [0.5, 0.6) is 0 Å². The van der Waals surface area contributed by atoms with E-state index in [0.29, 0.717) is 21.3 Å². The van der Waals surface area contributed by atoms with Gasteiger partial charge in [-0.1, -0.05) is 36.0 Å². The van der Waals surface area contributed by atoms with Crippen molar-refractivity contribution in [3.63, 3.8) is 0 Å². The van der Waals surface area contributed by atoms with Gasteiger partial charge in [-0.2, -0.15) is 0 Å². The maximum atomic E-state index is 12.3. The van der Waals surface area contributed by atoms with Gasteiger partial charge in [-0.15, -0.1) is 5.10 Å². The van der Waals surface area contributed by atoms with Crippen LogP contribution in [0.15, 0.2) is 17.6 Å². The Labute approximate surface area is 137 Å². The molecule has 6 nitrogen and oxygen atoms in total. The highest BCUT2D eigenvalue weighted by molar-refractivity contribution is 7.98. The van der Waals surface area contributed by atoms with Gasteiger partial charge in [0.15, 0.2) is 10.0 Å². The SMILES string of the molecule is CCCC[C@H](C)OC(=O)c1snnc1-c1cnc(SC)nc1. The molecule has 8 heteroatoms. The average Bonchev–Trinajstić information content (AvgIpc) is 3.02. The Morgan fingerprint density at radius 1 is 1.41 bits per heavy atom. The molecular formula is C14H18N4O2S2. The first-order chi connectivity index (χ1) is 10.7. The quantitative estimate of drug-likeness (QED) is 0.434. The van der Waals surface area contributed by atoms with E-state index in [2.05, 4.69) is 26.5 Å². The average molecular weight is 338 g/mol. The fourth-order valence-corrected chi connectivity index (χ4v) is 2.73. The molecule has 2 rings (SSSR count). The molecule has 0 spiro atoms. The number of ether oxygens (including phenoxy) is 1. The van der Waals surface area contributed by atoms with E-state index in [9.17, 15) is 4.79 Å². The van der Waals surface area contributed by atoms with Crippen LogP contribution in [0, 0.1) is 0 Å². The van der Waals surface area contributed by atoms with Gasteiger partial charge < -0.3 is 4.74 Å². The number of unbranched alkanes of at least 4 members (excludes halogenated alkanes) is 1. The molecule has 0 saturated carbocycles. The second kappa shape index (κ2) is 8.19. The number of carbonyl (C=O) groups excluding carboxylic acids is 1. The minimum absolute atomic E-state index is 0.113. The Balaban J connectivity index is 2.12. The predicted molar refractivity (Wildman–Crippen MR) is 87.1 cm³/mol. The smallest absolute Gasteiger partial charge is 0.352 e. The van der Waals surface area contributed by atoms with Crippen molar-refractivity contribution in [3.8, 4) is 11.3 Å². The van der Waals surface area contributed by atoms with Crippen LogP contribution in [0.2, 0.25) is 0 Å². The third-order valence-electron chi connectivity index (χ3n) is 3.03. The maximum Gasteiger partial charge on any atom is 0.352 e. The molecule has 0 saturated heterocycles. The van der Waals surface area contributed by atoms with Crippen LogP contribution in [0.4, 0.5) is 0 Å². The first-order valence-corrected chi connectivity index (χ1v) is 9.05. The number of carbonyl (C=O) groups is 1. The van der Waals surface area contributed by atoms with Gasteiger partial charge in [0.2, 0.25) is 0 Å². The zero-order valence-corrected chi connectivity index (χ0v) is 14.4. The highest BCUT2D eigenvalue weighted by Gasteiger charge is 2.21. The van der Waals surface area contributed by atoms with Crippen LogP contribution in [-0.4, -0.2) is 37.9 Å². The topological polar surface area (TPSA) is 77.9 Å². The van der Waals surface area contributed by atoms with Crippen LogP contribution in [0.25, 0.3) is 11.3 Å². The summed E-state index contributed by atoms with van der Waals surface area (Å²) in [5.74, 6) is -0.387. The molecule has 0 aliphatic carbocycles. The summed E-state index contributed by atoms with van der Waals surface area (Å²) in [6, 6.07) is 0. The van der Waals surface area contributed by atoms with Crippen molar-refractivity contribution >= 4 is 29.3 Å². The third kappa shape index (κ3) is 4.23. The molecule has 0 amide bonds. The molecule has 0 aromatic carbocycles. The first kappa shape index (κ1) is 16.8. The Morgan fingerprint density at radius 3 is 2.77 bits per heavy atom. The zero-order valence-electron chi connectivity index (χ0n) is 12.8. The van der Waals surface area contributed by atoms with E-state index in [0.717, 1.165) is 30.8 Å². The summed E-state index contributed by atoms with van der Waals surface area (Å²) in [4.78, 5) is 21.0. The van der Waals surface area contributed by atoms with Crippen molar-refractivity contribution < 1.29 is 9.53 Å². The molecule has 2 heterocycles. The van der Waals surface area contributed by atoms with E-state index in [4.69, 9.17) is 4.74 Å². The number of hydrogen-bond acceptors (Lipinski definition) is 8. The summed E-state index contributed by atoms with van der Waals surface area (Å²) in [6.45, 7) is 4.01. The van der Waals surface area contributed by atoms with Gasteiger partial charge in [0.25, 0.3) is 0 Å². The van der Waals surface area contributed by atoms with Crippen LogP contribution in [-0.2, 0) is 4.74 Å². The fraction of sp³-hybridized carbons (Fsp3) is 0.500. The monoisotopic (exact) mass is 338 g/mol. The van der Waals surface area contributed by atoms with Crippen molar-refractivity contribution in [2.24, 2.45) is 0 Å². The van der Waals surface area contributed by atoms with Gasteiger partial charge in [-0.05, 0) is 31.1 Å². The molecule has 0 bridgehead atoms. The predicted octanol–water partition coefficient (Wildman–Crippen LogP) is 3.45. The molecule has 0 radical (unpaired) electrons. The lowest BCUT2D eigenvalue weighted by molar-refractivity contribution is 0.0327. The number of esters is 1. The second-order valence-corrected chi connectivity index (χ2v) is 6.29. The zero-order chi connectivity index (χ0) is 15.9. The van der Waals surface area contributed by atoms with Crippen molar-refractivity contribution in [1.82, 2.24) is 19.6 Å².